The fourth-order valence-corrected chi connectivity index (χ4v) is 2.80. The summed E-state index contributed by atoms with van der Waals surface area (Å²) in [7, 11) is -2.24. The van der Waals surface area contributed by atoms with Crippen molar-refractivity contribution in [2.24, 2.45) is 0 Å². The Morgan fingerprint density at radius 1 is 1.36 bits per heavy atom. The fraction of sp³-hybridized carbons (Fsp3) is 0.438. The molecule has 3 atom stereocenters. The van der Waals surface area contributed by atoms with Crippen molar-refractivity contribution in [2.45, 2.75) is 24.7 Å². The zero-order valence-corrected chi connectivity index (χ0v) is 16.1. The van der Waals surface area contributed by atoms with Crippen LogP contribution in [0, 0.1) is 0 Å². The monoisotopic (exact) mass is 416 g/mol. The van der Waals surface area contributed by atoms with E-state index in [1.165, 1.54) is 7.11 Å². The van der Waals surface area contributed by atoms with Gasteiger partial charge in [0.15, 0.2) is 5.69 Å². The number of aliphatic hydroxyl groups is 2. The summed E-state index contributed by atoms with van der Waals surface area (Å²) in [6, 6.07) is 2.17. The minimum atomic E-state index is -3.62. The van der Waals surface area contributed by atoms with Crippen LogP contribution in [0.5, 0.6) is 0 Å². The maximum absolute atomic E-state index is 12.5. The first kappa shape index (κ1) is 21.8. The summed E-state index contributed by atoms with van der Waals surface area (Å²) in [5.74, 6) is -0.715. The third kappa shape index (κ3) is 6.56. The molecule has 0 aromatic carbocycles. The highest BCUT2D eigenvalue weighted by Crippen LogP contribution is 2.12. The molecule has 0 radical (unpaired) electrons. The Labute approximate surface area is 163 Å². The van der Waals surface area contributed by atoms with Crippen LogP contribution in [0.15, 0.2) is 35.2 Å². The summed E-state index contributed by atoms with van der Waals surface area (Å²) in [4.78, 5) is 20.1. The second-order valence-electron chi connectivity index (χ2n) is 6.06. The average Bonchev–Trinajstić information content (AvgIpc) is 3.08. The van der Waals surface area contributed by atoms with Gasteiger partial charge in [-0.25, -0.2) is 13.1 Å². The molecule has 2 heterocycles. The minimum Gasteiger partial charge on any atom is -0.431 e. The molecule has 0 aliphatic carbocycles. The van der Waals surface area contributed by atoms with Crippen LogP contribution in [0.2, 0.25) is 0 Å². The zero-order chi connectivity index (χ0) is 20.7. The van der Waals surface area contributed by atoms with Gasteiger partial charge in [0.1, 0.15) is 18.5 Å². The number of ether oxygens (including phenoxy) is 1. The van der Waals surface area contributed by atoms with Crippen molar-refractivity contribution in [3.63, 3.8) is 0 Å². The third-order valence-corrected chi connectivity index (χ3v) is 4.22. The number of carbonyl (C=O) groups is 1. The fourth-order valence-electron chi connectivity index (χ4n) is 2.39. The van der Waals surface area contributed by atoms with Gasteiger partial charge in [0.25, 0.3) is 5.91 Å². The van der Waals surface area contributed by atoms with Crippen molar-refractivity contribution in [1.82, 2.24) is 15.3 Å². The number of amides is 1. The van der Waals surface area contributed by atoms with E-state index < -0.39 is 34.2 Å². The summed E-state index contributed by atoms with van der Waals surface area (Å²) < 4.78 is 34.1. The van der Waals surface area contributed by atoms with Gasteiger partial charge in [-0.2, -0.15) is 4.98 Å². The summed E-state index contributed by atoms with van der Waals surface area (Å²) in [6.07, 6.45) is 2.64. The number of oxazole rings is 1. The van der Waals surface area contributed by atoms with E-state index in [0.717, 1.165) is 18.1 Å². The first-order valence-electron chi connectivity index (χ1n) is 8.17. The molecule has 156 valence electrons. The van der Waals surface area contributed by atoms with E-state index in [0.29, 0.717) is 0 Å². The van der Waals surface area contributed by atoms with E-state index in [4.69, 9.17) is 9.15 Å². The molecule has 0 saturated carbocycles. The van der Waals surface area contributed by atoms with Gasteiger partial charge in [0, 0.05) is 20.9 Å². The Morgan fingerprint density at radius 2 is 2.04 bits per heavy atom. The van der Waals surface area contributed by atoms with Crippen molar-refractivity contribution in [2.75, 3.05) is 24.7 Å². The lowest BCUT2D eigenvalue weighted by molar-refractivity contribution is -0.0407. The van der Waals surface area contributed by atoms with Crippen LogP contribution in [-0.4, -0.2) is 72.7 Å². The Bertz CT molecular complexity index is 878. The molecule has 28 heavy (non-hydrogen) atoms. The topological polar surface area (TPSA) is 164 Å². The molecule has 0 aliphatic heterocycles. The maximum atomic E-state index is 12.5. The largest absolute Gasteiger partial charge is 0.431 e. The van der Waals surface area contributed by atoms with Gasteiger partial charge in [-0.1, -0.05) is 0 Å². The summed E-state index contributed by atoms with van der Waals surface area (Å²) >= 11 is 0. The van der Waals surface area contributed by atoms with E-state index in [1.54, 1.807) is 24.5 Å². The molecule has 4 N–H and O–H groups in total. The van der Waals surface area contributed by atoms with E-state index in [-0.39, 0.29) is 26.2 Å². The predicted octanol–water partition coefficient (Wildman–Crippen LogP) is -0.604. The number of carbonyl (C=O) groups excluding carboxylic acids is 1. The zero-order valence-electron chi connectivity index (χ0n) is 15.3. The number of aliphatic hydroxyl groups excluding tert-OH is 2. The minimum absolute atomic E-state index is 0. The van der Waals surface area contributed by atoms with E-state index in [2.05, 4.69) is 15.3 Å². The van der Waals surface area contributed by atoms with Gasteiger partial charge in [0.2, 0.25) is 10.0 Å². The molecule has 3 unspecified atom stereocenters. The van der Waals surface area contributed by atoms with Crippen LogP contribution in [-0.2, 0) is 21.2 Å². The number of aromatic nitrogens is 2. The van der Waals surface area contributed by atoms with Crippen LogP contribution in [0.25, 0.3) is 0 Å². The molecule has 2 aromatic heterocycles. The van der Waals surface area contributed by atoms with E-state index in [9.17, 15) is 23.4 Å². The van der Waals surface area contributed by atoms with Crippen LogP contribution >= 0.6 is 0 Å². The third-order valence-electron chi connectivity index (χ3n) is 3.67. The Kier molecular flexibility index (Phi) is 7.45. The number of hydrogen-bond donors (Lipinski definition) is 4. The lowest BCUT2D eigenvalue weighted by atomic mass is 9.98. The van der Waals surface area contributed by atoms with Gasteiger partial charge in [-0.15, -0.1) is 0 Å². The number of sulfonamides is 1. The molecule has 0 bridgehead atoms. The highest BCUT2D eigenvalue weighted by Gasteiger charge is 2.29. The van der Waals surface area contributed by atoms with Gasteiger partial charge in [-0.05, 0) is 24.1 Å². The van der Waals surface area contributed by atoms with Crippen molar-refractivity contribution >= 4 is 21.9 Å². The first-order chi connectivity index (χ1) is 13.2. The SMILES string of the molecule is COCC(O)C(O)C(Cc1ccncc1)NC(=O)c1coc(NS(C)(=O)=O)n1.[HH]. The Morgan fingerprint density at radius 3 is 2.64 bits per heavy atom. The number of pyridine rings is 1. The summed E-state index contributed by atoms with van der Waals surface area (Å²) in [5.41, 5.74) is 0.572. The molecule has 11 nitrogen and oxygen atoms in total. The smallest absolute Gasteiger partial charge is 0.309 e. The second-order valence-corrected chi connectivity index (χ2v) is 7.81. The normalized spacial score (nSPS) is 14.9. The number of methoxy groups -OCH3 is 1. The lowest BCUT2D eigenvalue weighted by Gasteiger charge is -2.27. The van der Waals surface area contributed by atoms with E-state index >= 15 is 0 Å². The molecule has 2 aromatic rings. The number of nitrogens with zero attached hydrogens (tertiary/aromatic N) is 2. The number of nitrogens with one attached hydrogen (secondary N) is 2. The molecular formula is C16H24N4O7S. The quantitative estimate of drug-likeness (QED) is 0.396. The number of rotatable bonds is 10. The standard InChI is InChI=1S/C16H22N4O7S.H2/c1-26-9-13(21)14(22)11(7-10-3-5-17-6-4-10)18-15(23)12-8-27-16(19-12)20-28(2,24)25;/h3-6,8,11,13-14,21-22H,7,9H2,1-2H3,(H,18,23)(H,19,20);1H. The number of hydrogen-bond acceptors (Lipinski definition) is 9. The molecule has 2 rings (SSSR count). The van der Waals surface area contributed by atoms with Gasteiger partial charge < -0.3 is 24.7 Å². The van der Waals surface area contributed by atoms with E-state index in [1.807, 2.05) is 4.72 Å². The summed E-state index contributed by atoms with van der Waals surface area (Å²) in [5, 5.41) is 23.0. The molecule has 0 fully saturated rings. The maximum Gasteiger partial charge on any atom is 0.309 e. The van der Waals surface area contributed by atoms with Crippen molar-refractivity contribution in [1.29, 1.82) is 0 Å². The van der Waals surface area contributed by atoms with Crippen molar-refractivity contribution in [3.05, 3.63) is 42.0 Å². The van der Waals surface area contributed by atoms with Crippen molar-refractivity contribution < 1.29 is 34.0 Å². The van der Waals surface area contributed by atoms with Gasteiger partial charge in [0.05, 0.1) is 18.9 Å². The highest BCUT2D eigenvalue weighted by atomic mass is 32.2. The Balaban J connectivity index is 0.00000420. The summed E-state index contributed by atoms with van der Waals surface area (Å²) in [6.45, 7) is -0.129. The van der Waals surface area contributed by atoms with Gasteiger partial charge in [-0.3, -0.25) is 9.78 Å². The first-order valence-corrected chi connectivity index (χ1v) is 10.1. The molecule has 0 aliphatic rings. The highest BCUT2D eigenvalue weighted by molar-refractivity contribution is 7.91. The molecule has 0 saturated heterocycles. The van der Waals surface area contributed by atoms with Crippen molar-refractivity contribution in [3.8, 4) is 0 Å². The molecule has 1 amide bonds. The average molecular weight is 416 g/mol. The van der Waals surface area contributed by atoms with Crippen LogP contribution in [0.4, 0.5) is 6.01 Å². The Hall–Kier alpha value is -2.54. The molecule has 12 heteroatoms. The second kappa shape index (κ2) is 9.59. The predicted molar refractivity (Wildman–Crippen MR) is 100 cm³/mol. The van der Waals surface area contributed by atoms with Crippen LogP contribution < -0.4 is 10.0 Å². The van der Waals surface area contributed by atoms with Crippen LogP contribution in [0.3, 0.4) is 0 Å². The molecular weight excluding hydrogens is 392 g/mol. The lowest BCUT2D eigenvalue weighted by Crippen LogP contribution is -2.51. The van der Waals surface area contributed by atoms with Crippen LogP contribution in [0.1, 0.15) is 17.5 Å². The number of anilines is 1. The molecule has 0 spiro atoms. The van der Waals surface area contributed by atoms with Gasteiger partial charge >= 0.3 is 6.01 Å².